The zero-order chi connectivity index (χ0) is 17.6. The zero-order valence-corrected chi connectivity index (χ0v) is 15.8. The summed E-state index contributed by atoms with van der Waals surface area (Å²) < 4.78 is 0. The van der Waals surface area contributed by atoms with E-state index in [1.165, 1.54) is 35.5 Å². The van der Waals surface area contributed by atoms with Crippen LogP contribution in [0.3, 0.4) is 0 Å². The topological polar surface area (TPSA) is 74.3 Å². The summed E-state index contributed by atoms with van der Waals surface area (Å²) in [5.74, 6) is 0.313. The number of rotatable bonds is 6. The number of thiazole rings is 1. The van der Waals surface area contributed by atoms with Gasteiger partial charge in [-0.2, -0.15) is 0 Å². The van der Waals surface area contributed by atoms with Gasteiger partial charge < -0.3 is 10.6 Å². The number of thiophene rings is 1. The van der Waals surface area contributed by atoms with E-state index in [0.717, 1.165) is 31.2 Å². The molecule has 2 amide bonds. The first-order valence-corrected chi connectivity index (χ1v) is 10.1. The molecule has 2 aromatic rings. The van der Waals surface area contributed by atoms with E-state index < -0.39 is 0 Å². The average molecular weight is 379 g/mol. The van der Waals surface area contributed by atoms with E-state index >= 15 is 0 Å². The molecule has 25 heavy (non-hydrogen) atoms. The van der Waals surface area contributed by atoms with Crippen LogP contribution in [-0.2, 0) is 11.3 Å². The highest BCUT2D eigenvalue weighted by Gasteiger charge is 2.17. The molecule has 0 atom stereocenters. The van der Waals surface area contributed by atoms with Gasteiger partial charge in [-0.05, 0) is 43.3 Å². The van der Waals surface area contributed by atoms with Crippen molar-refractivity contribution in [1.82, 2.24) is 15.2 Å². The highest BCUT2D eigenvalue weighted by Crippen LogP contribution is 2.20. The number of nitrogens with one attached hydrogen (secondary N) is 2. The molecule has 2 aromatic heterocycles. The molecule has 1 fully saturated rings. The third kappa shape index (κ3) is 5.35. The maximum absolute atomic E-state index is 12.0. The number of carbonyl (C=O) groups is 2. The van der Waals surface area contributed by atoms with Crippen molar-refractivity contribution in [3.05, 3.63) is 33.5 Å². The summed E-state index contributed by atoms with van der Waals surface area (Å²) in [6.07, 6.45) is 2.47. The van der Waals surface area contributed by atoms with Crippen LogP contribution in [-0.4, -0.2) is 41.3 Å². The predicted octanol–water partition coefficient (Wildman–Crippen LogP) is 2.81. The number of carbonyl (C=O) groups excluding carboxylic acids is 2. The average Bonchev–Trinajstić information content (AvgIpc) is 3.27. The van der Waals surface area contributed by atoms with Crippen molar-refractivity contribution < 1.29 is 9.59 Å². The summed E-state index contributed by atoms with van der Waals surface area (Å²) in [6, 6.07) is 3.53. The van der Waals surface area contributed by atoms with Gasteiger partial charge in [0.15, 0.2) is 5.13 Å². The van der Waals surface area contributed by atoms with Gasteiger partial charge >= 0.3 is 0 Å². The van der Waals surface area contributed by atoms with Gasteiger partial charge in [0, 0.05) is 11.9 Å². The summed E-state index contributed by atoms with van der Waals surface area (Å²) >= 11 is 2.77. The predicted molar refractivity (Wildman–Crippen MR) is 101 cm³/mol. The largest absolute Gasteiger partial charge is 0.342 e. The molecule has 0 aliphatic carbocycles. The Bertz CT molecular complexity index is 706. The molecule has 0 aromatic carbocycles. The molecule has 1 aliphatic rings. The van der Waals surface area contributed by atoms with Crippen LogP contribution < -0.4 is 10.6 Å². The monoisotopic (exact) mass is 378 g/mol. The van der Waals surface area contributed by atoms with Gasteiger partial charge in [-0.25, -0.2) is 4.98 Å². The molecule has 0 saturated carbocycles. The van der Waals surface area contributed by atoms with Crippen LogP contribution in [0.1, 0.15) is 35.1 Å². The van der Waals surface area contributed by atoms with E-state index in [1.807, 2.05) is 10.8 Å². The molecule has 0 radical (unpaired) electrons. The van der Waals surface area contributed by atoms with Crippen molar-refractivity contribution in [2.24, 2.45) is 5.92 Å². The van der Waals surface area contributed by atoms with Gasteiger partial charge in [0.05, 0.1) is 17.1 Å². The second-order valence-corrected chi connectivity index (χ2v) is 8.12. The van der Waals surface area contributed by atoms with Gasteiger partial charge in [-0.15, -0.1) is 22.7 Å². The Labute approximate surface area is 155 Å². The van der Waals surface area contributed by atoms with Gasteiger partial charge in [0.1, 0.15) is 0 Å². The minimum atomic E-state index is -0.266. The zero-order valence-electron chi connectivity index (χ0n) is 14.2. The van der Waals surface area contributed by atoms with Crippen molar-refractivity contribution in [2.75, 3.05) is 25.0 Å². The van der Waals surface area contributed by atoms with E-state index in [9.17, 15) is 9.59 Å². The Morgan fingerprint density at radius 2 is 2.12 bits per heavy atom. The Morgan fingerprint density at radius 1 is 1.32 bits per heavy atom. The van der Waals surface area contributed by atoms with Gasteiger partial charge in [0.2, 0.25) is 5.91 Å². The van der Waals surface area contributed by atoms with Crippen LogP contribution in [0.2, 0.25) is 0 Å². The molecule has 134 valence electrons. The SMILES string of the molecule is CC1CCN(Cc2csc(NC(=O)CNC(=O)c3cccs3)n2)CC1. The van der Waals surface area contributed by atoms with Crippen LogP contribution in [0.4, 0.5) is 5.13 Å². The normalized spacial score (nSPS) is 15.9. The van der Waals surface area contributed by atoms with Crippen LogP contribution in [0.25, 0.3) is 0 Å². The summed E-state index contributed by atoms with van der Waals surface area (Å²) in [7, 11) is 0. The number of anilines is 1. The van der Waals surface area contributed by atoms with Gasteiger partial charge in [-0.3, -0.25) is 14.5 Å². The molecule has 1 saturated heterocycles. The summed E-state index contributed by atoms with van der Waals surface area (Å²) in [6.45, 7) is 5.28. The fourth-order valence-corrected chi connectivity index (χ4v) is 4.06. The fourth-order valence-electron chi connectivity index (χ4n) is 2.71. The number of amides is 2. The molecule has 3 rings (SSSR count). The number of aromatic nitrogens is 1. The highest BCUT2D eigenvalue weighted by atomic mass is 32.1. The molecule has 2 N–H and O–H groups in total. The number of hydrogen-bond acceptors (Lipinski definition) is 6. The number of piperidine rings is 1. The molecule has 0 unspecified atom stereocenters. The lowest BCUT2D eigenvalue weighted by Crippen LogP contribution is -2.33. The van der Waals surface area contributed by atoms with Crippen LogP contribution in [0.5, 0.6) is 0 Å². The minimum Gasteiger partial charge on any atom is -0.342 e. The lowest BCUT2D eigenvalue weighted by molar-refractivity contribution is -0.115. The molecule has 0 spiro atoms. The Hall–Kier alpha value is -1.77. The van der Waals surface area contributed by atoms with Crippen molar-refractivity contribution >= 4 is 39.6 Å². The standard InChI is InChI=1S/C17H22N4O2S2/c1-12-4-6-21(7-5-12)10-13-11-25-17(19-13)20-15(22)9-18-16(23)14-3-2-8-24-14/h2-3,8,11-12H,4-7,9-10H2,1H3,(H,18,23)(H,19,20,22). The van der Waals surface area contributed by atoms with E-state index in [-0.39, 0.29) is 18.4 Å². The summed E-state index contributed by atoms with van der Waals surface area (Å²) in [5, 5.41) is 9.75. The number of likely N-dealkylation sites (tertiary alicyclic amines) is 1. The van der Waals surface area contributed by atoms with Crippen molar-refractivity contribution in [2.45, 2.75) is 26.3 Å². The summed E-state index contributed by atoms with van der Waals surface area (Å²) in [5.41, 5.74) is 0.984. The van der Waals surface area contributed by atoms with Crippen LogP contribution in [0.15, 0.2) is 22.9 Å². The van der Waals surface area contributed by atoms with Crippen LogP contribution in [0, 0.1) is 5.92 Å². The Morgan fingerprint density at radius 3 is 2.84 bits per heavy atom. The molecule has 6 nitrogen and oxygen atoms in total. The first-order chi connectivity index (χ1) is 12.1. The number of nitrogens with zero attached hydrogens (tertiary/aromatic N) is 2. The van der Waals surface area contributed by atoms with E-state index in [1.54, 1.807) is 12.1 Å². The quantitative estimate of drug-likeness (QED) is 0.811. The molecular weight excluding hydrogens is 356 g/mol. The number of hydrogen-bond donors (Lipinski definition) is 2. The highest BCUT2D eigenvalue weighted by molar-refractivity contribution is 7.14. The lowest BCUT2D eigenvalue weighted by Gasteiger charge is -2.29. The second-order valence-electron chi connectivity index (χ2n) is 6.31. The fraction of sp³-hybridized carbons (Fsp3) is 0.471. The molecule has 3 heterocycles. The minimum absolute atomic E-state index is 0.0599. The van der Waals surface area contributed by atoms with E-state index in [2.05, 4.69) is 27.4 Å². The molecular formula is C17H22N4O2S2. The maximum atomic E-state index is 12.0. The lowest BCUT2D eigenvalue weighted by atomic mass is 9.99. The molecule has 1 aliphatic heterocycles. The Balaban J connectivity index is 1.43. The van der Waals surface area contributed by atoms with Crippen molar-refractivity contribution in [3.8, 4) is 0 Å². The first-order valence-electron chi connectivity index (χ1n) is 8.38. The molecule has 0 bridgehead atoms. The van der Waals surface area contributed by atoms with Crippen molar-refractivity contribution in [3.63, 3.8) is 0 Å². The third-order valence-corrected chi connectivity index (χ3v) is 5.89. The van der Waals surface area contributed by atoms with Crippen molar-refractivity contribution in [1.29, 1.82) is 0 Å². The van der Waals surface area contributed by atoms with E-state index in [4.69, 9.17) is 0 Å². The maximum Gasteiger partial charge on any atom is 0.261 e. The Kier molecular flexibility index (Phi) is 6.17. The van der Waals surface area contributed by atoms with Crippen LogP contribution >= 0.6 is 22.7 Å². The van der Waals surface area contributed by atoms with Gasteiger partial charge in [-0.1, -0.05) is 13.0 Å². The third-order valence-electron chi connectivity index (χ3n) is 4.21. The first kappa shape index (κ1) is 18.0. The van der Waals surface area contributed by atoms with Gasteiger partial charge in [0.25, 0.3) is 5.91 Å². The smallest absolute Gasteiger partial charge is 0.261 e. The van der Waals surface area contributed by atoms with E-state index in [0.29, 0.717) is 10.0 Å². The second kappa shape index (κ2) is 8.55. The molecule has 8 heteroatoms. The summed E-state index contributed by atoms with van der Waals surface area (Å²) in [4.78, 5) is 31.2.